The highest BCUT2D eigenvalue weighted by atomic mass is 32.1. The number of carbonyl (C=O) groups is 2. The molecule has 2 aromatic heterocycles. The van der Waals surface area contributed by atoms with E-state index in [0.717, 1.165) is 25.2 Å². The summed E-state index contributed by atoms with van der Waals surface area (Å²) >= 11 is 1.23. The van der Waals surface area contributed by atoms with E-state index in [2.05, 4.69) is 15.4 Å². The fourth-order valence-corrected chi connectivity index (χ4v) is 3.25. The Hall–Kier alpha value is -2.02. The van der Waals surface area contributed by atoms with E-state index in [1.807, 2.05) is 11.6 Å². The van der Waals surface area contributed by atoms with Crippen molar-refractivity contribution in [1.82, 2.24) is 20.1 Å². The first-order valence-corrected chi connectivity index (χ1v) is 8.21. The van der Waals surface area contributed by atoms with Crippen LogP contribution in [0.5, 0.6) is 0 Å². The maximum Gasteiger partial charge on any atom is 0.261 e. The summed E-state index contributed by atoms with van der Waals surface area (Å²) in [5.74, 6) is 1.06. The summed E-state index contributed by atoms with van der Waals surface area (Å²) in [7, 11) is 0. The van der Waals surface area contributed by atoms with Gasteiger partial charge in [-0.15, -0.1) is 11.3 Å². The van der Waals surface area contributed by atoms with Crippen molar-refractivity contribution < 1.29 is 9.59 Å². The second-order valence-electron chi connectivity index (χ2n) is 5.44. The van der Waals surface area contributed by atoms with Crippen molar-refractivity contribution in [1.29, 1.82) is 0 Å². The van der Waals surface area contributed by atoms with E-state index in [9.17, 15) is 9.59 Å². The molecule has 6 nitrogen and oxygen atoms in total. The number of thiophene rings is 1. The van der Waals surface area contributed by atoms with Crippen LogP contribution in [0.3, 0.4) is 0 Å². The number of Topliss-reactive ketones (excluding diaryl/α,β-unsaturated/α-hetero) is 1. The highest BCUT2D eigenvalue weighted by Crippen LogP contribution is 2.40. The summed E-state index contributed by atoms with van der Waals surface area (Å²) in [6, 6.07) is 3.28. The molecule has 0 bridgehead atoms. The maximum atomic E-state index is 12.4. The first-order chi connectivity index (χ1) is 10.6. The van der Waals surface area contributed by atoms with E-state index in [0.29, 0.717) is 15.7 Å². The molecular weight excluding hydrogens is 300 g/mol. The molecule has 0 aromatic carbocycles. The van der Waals surface area contributed by atoms with Crippen molar-refractivity contribution >= 4 is 23.0 Å². The molecule has 0 aliphatic heterocycles. The Kier molecular flexibility index (Phi) is 4.06. The fourth-order valence-electron chi connectivity index (χ4n) is 2.44. The number of amides is 1. The first-order valence-electron chi connectivity index (χ1n) is 7.39. The van der Waals surface area contributed by atoms with Crippen molar-refractivity contribution in [2.45, 2.75) is 39.3 Å². The van der Waals surface area contributed by atoms with Crippen LogP contribution in [-0.4, -0.2) is 26.5 Å². The number of nitrogens with one attached hydrogen (secondary N) is 1. The zero-order valence-electron chi connectivity index (χ0n) is 12.6. The van der Waals surface area contributed by atoms with Gasteiger partial charge >= 0.3 is 0 Å². The molecule has 0 saturated heterocycles. The first kappa shape index (κ1) is 14.9. The van der Waals surface area contributed by atoms with E-state index >= 15 is 0 Å². The monoisotopic (exact) mass is 318 g/mol. The lowest BCUT2D eigenvalue weighted by molar-refractivity contribution is 0.0932. The van der Waals surface area contributed by atoms with Crippen molar-refractivity contribution in [3.05, 3.63) is 34.0 Å². The largest absolute Gasteiger partial charge is 0.341 e. The van der Waals surface area contributed by atoms with Crippen LogP contribution in [0.1, 0.15) is 57.9 Å². The topological polar surface area (TPSA) is 76.9 Å². The number of aromatic nitrogens is 3. The smallest absolute Gasteiger partial charge is 0.261 e. The Morgan fingerprint density at radius 3 is 2.73 bits per heavy atom. The zero-order chi connectivity index (χ0) is 15.7. The molecule has 3 rings (SSSR count). The van der Waals surface area contributed by atoms with Crippen molar-refractivity contribution in [3.8, 4) is 0 Å². The molecule has 2 heterocycles. The van der Waals surface area contributed by atoms with Crippen LogP contribution in [0.2, 0.25) is 0 Å². The summed E-state index contributed by atoms with van der Waals surface area (Å²) in [6.07, 6.45) is 3.70. The molecule has 1 aliphatic carbocycles. The summed E-state index contributed by atoms with van der Waals surface area (Å²) in [4.78, 5) is 29.3. The third-order valence-electron chi connectivity index (χ3n) is 3.78. The van der Waals surface area contributed by atoms with Crippen molar-refractivity contribution in [2.75, 3.05) is 0 Å². The van der Waals surface area contributed by atoms with Gasteiger partial charge in [-0.05, 0) is 44.7 Å². The Bertz CT molecular complexity index is 702. The predicted octanol–water partition coefficient (Wildman–Crippen LogP) is 2.44. The van der Waals surface area contributed by atoms with E-state index in [4.69, 9.17) is 0 Å². The van der Waals surface area contributed by atoms with Crippen LogP contribution in [0.4, 0.5) is 0 Å². The average Bonchev–Trinajstić information content (AvgIpc) is 3.04. The Morgan fingerprint density at radius 1 is 1.41 bits per heavy atom. The van der Waals surface area contributed by atoms with Crippen molar-refractivity contribution in [3.63, 3.8) is 0 Å². The molecular formula is C15H18N4O2S. The van der Waals surface area contributed by atoms with E-state index in [1.165, 1.54) is 24.6 Å². The normalized spacial score (nSPS) is 15.5. The number of hydrogen-bond donors (Lipinski definition) is 1. The lowest BCUT2D eigenvalue weighted by Crippen LogP contribution is -2.31. The van der Waals surface area contributed by atoms with E-state index in [1.54, 1.807) is 12.1 Å². The van der Waals surface area contributed by atoms with Gasteiger partial charge in [0.2, 0.25) is 0 Å². The molecule has 1 fully saturated rings. The Labute approximate surface area is 132 Å². The predicted molar refractivity (Wildman–Crippen MR) is 83.0 cm³/mol. The number of carbonyl (C=O) groups excluding carboxylic acids is 2. The average molecular weight is 318 g/mol. The minimum atomic E-state index is -0.153. The fraction of sp³-hybridized carbons (Fsp3) is 0.467. The molecule has 22 heavy (non-hydrogen) atoms. The van der Waals surface area contributed by atoms with Gasteiger partial charge in [0.15, 0.2) is 5.78 Å². The minimum absolute atomic E-state index is 0.0199. The second-order valence-corrected chi connectivity index (χ2v) is 6.53. The SMILES string of the molecule is CCn1ncnc1C(NC(=O)c1ccc(C(C)=O)s1)C1CC1. The summed E-state index contributed by atoms with van der Waals surface area (Å²) in [5, 5.41) is 7.25. The van der Waals surface area contributed by atoms with Gasteiger partial charge in [0, 0.05) is 6.54 Å². The molecule has 116 valence electrons. The summed E-state index contributed by atoms with van der Waals surface area (Å²) in [6.45, 7) is 4.23. The second kappa shape index (κ2) is 6.00. The van der Waals surface area contributed by atoms with Crippen LogP contribution in [0.15, 0.2) is 18.5 Å². The molecule has 1 amide bonds. The number of hydrogen-bond acceptors (Lipinski definition) is 5. The van der Waals surface area contributed by atoms with Crippen LogP contribution in [-0.2, 0) is 6.54 Å². The Morgan fingerprint density at radius 2 is 2.14 bits per heavy atom. The lowest BCUT2D eigenvalue weighted by Gasteiger charge is -2.17. The quantitative estimate of drug-likeness (QED) is 0.830. The van der Waals surface area contributed by atoms with E-state index < -0.39 is 0 Å². The van der Waals surface area contributed by atoms with Gasteiger partial charge < -0.3 is 5.32 Å². The molecule has 2 aromatic rings. The van der Waals surface area contributed by atoms with Crippen molar-refractivity contribution in [2.24, 2.45) is 5.92 Å². The van der Waals surface area contributed by atoms with Gasteiger partial charge in [0.05, 0.1) is 15.8 Å². The summed E-state index contributed by atoms with van der Waals surface area (Å²) in [5.41, 5.74) is 0. The molecule has 0 spiro atoms. The molecule has 1 saturated carbocycles. The van der Waals surface area contributed by atoms with Crippen LogP contribution >= 0.6 is 11.3 Å². The number of ketones is 1. The molecule has 1 unspecified atom stereocenters. The molecule has 1 atom stereocenters. The van der Waals surface area contributed by atoms with Gasteiger partial charge in [-0.25, -0.2) is 9.67 Å². The van der Waals surface area contributed by atoms with Gasteiger partial charge in [-0.3, -0.25) is 9.59 Å². The third kappa shape index (κ3) is 2.94. The zero-order valence-corrected chi connectivity index (χ0v) is 13.4. The standard InChI is InChI=1S/C15H18N4O2S/c1-3-19-14(16-8-17-19)13(10-4-5-10)18-15(21)12-7-6-11(22-12)9(2)20/h6-8,10,13H,3-5H2,1-2H3,(H,18,21). The third-order valence-corrected chi connectivity index (χ3v) is 4.96. The molecule has 7 heteroatoms. The molecule has 1 aliphatic rings. The number of rotatable bonds is 6. The highest BCUT2D eigenvalue weighted by Gasteiger charge is 2.36. The summed E-state index contributed by atoms with van der Waals surface area (Å²) < 4.78 is 1.82. The molecule has 1 N–H and O–H groups in total. The number of aryl methyl sites for hydroxylation is 1. The van der Waals surface area contributed by atoms with E-state index in [-0.39, 0.29) is 17.7 Å². The Balaban J connectivity index is 1.79. The lowest BCUT2D eigenvalue weighted by atomic mass is 10.1. The van der Waals surface area contributed by atoms with Gasteiger partial charge in [-0.2, -0.15) is 5.10 Å². The minimum Gasteiger partial charge on any atom is -0.341 e. The van der Waals surface area contributed by atoms with Crippen LogP contribution in [0.25, 0.3) is 0 Å². The number of nitrogens with zero attached hydrogens (tertiary/aromatic N) is 3. The van der Waals surface area contributed by atoms with Gasteiger partial charge in [0.1, 0.15) is 12.2 Å². The van der Waals surface area contributed by atoms with Gasteiger partial charge in [0.25, 0.3) is 5.91 Å². The van der Waals surface area contributed by atoms with Gasteiger partial charge in [-0.1, -0.05) is 0 Å². The maximum absolute atomic E-state index is 12.4. The highest BCUT2D eigenvalue weighted by molar-refractivity contribution is 7.15. The van der Waals surface area contributed by atoms with Crippen LogP contribution in [0, 0.1) is 5.92 Å². The van der Waals surface area contributed by atoms with Crippen LogP contribution < -0.4 is 5.32 Å². The molecule has 0 radical (unpaired) electrons.